The molecule has 2 aromatic heterocycles. The van der Waals surface area contributed by atoms with Crippen LogP contribution in [0.15, 0.2) is 42.7 Å². The fourth-order valence-electron chi connectivity index (χ4n) is 5.72. The lowest BCUT2D eigenvalue weighted by Crippen LogP contribution is -2.54. The summed E-state index contributed by atoms with van der Waals surface area (Å²) in [6, 6.07) is 7.44. The van der Waals surface area contributed by atoms with Gasteiger partial charge in [-0.1, -0.05) is 0 Å². The third kappa shape index (κ3) is 4.36. The van der Waals surface area contributed by atoms with Crippen LogP contribution in [0.25, 0.3) is 11.3 Å². The number of nitrogen functional groups attached to an aromatic ring is 1. The van der Waals surface area contributed by atoms with Crippen LogP contribution in [0.5, 0.6) is 5.75 Å². The number of anilines is 3. The minimum Gasteiger partial charge on any atom is -0.507 e. The van der Waals surface area contributed by atoms with Gasteiger partial charge in [-0.05, 0) is 48.7 Å². The average molecular weight is 519 g/mol. The SMILES string of the molecule is Nc1nnc(-c2cc(F)ccc2O)cc1N1CC2CCC(C1)N2Cc1ccncc1N1CCC(=O)NC1=O. The molecule has 0 aliphatic carbocycles. The number of amides is 3. The second-order valence-electron chi connectivity index (χ2n) is 9.88. The summed E-state index contributed by atoms with van der Waals surface area (Å²) in [5.74, 6) is -0.555. The van der Waals surface area contributed by atoms with E-state index in [0.29, 0.717) is 43.2 Å². The standard InChI is InChI=1S/C26H27FN8O3/c27-16-1-4-23(36)19(9-16)20-10-21(25(28)32-31-20)33-13-17-2-3-18(14-33)35(17)12-15-5-7-29-11-22(15)34-8-6-24(37)30-26(34)38/h1,4-5,7,9-11,17-18,36H,2-3,6,8,12-14H2,(H2,28,32)(H,30,37,38). The molecule has 3 fully saturated rings. The predicted molar refractivity (Wildman–Crippen MR) is 138 cm³/mol. The lowest BCUT2D eigenvalue weighted by Gasteiger charge is -2.42. The van der Waals surface area contributed by atoms with Crippen LogP contribution in [-0.4, -0.2) is 68.8 Å². The zero-order valence-corrected chi connectivity index (χ0v) is 20.5. The lowest BCUT2D eigenvalue weighted by atomic mass is 10.1. The molecule has 5 heterocycles. The fraction of sp³-hybridized carbons (Fsp3) is 0.346. The fourth-order valence-corrected chi connectivity index (χ4v) is 5.72. The number of nitrogens with zero attached hydrogens (tertiary/aromatic N) is 6. The average Bonchev–Trinajstić information content (AvgIpc) is 3.12. The second-order valence-corrected chi connectivity index (χ2v) is 9.88. The Bertz CT molecular complexity index is 1400. The van der Waals surface area contributed by atoms with Crippen LogP contribution < -0.4 is 20.9 Å². The third-order valence-corrected chi connectivity index (χ3v) is 7.60. The van der Waals surface area contributed by atoms with Crippen molar-refractivity contribution >= 4 is 29.1 Å². The highest BCUT2D eigenvalue weighted by atomic mass is 19.1. The van der Waals surface area contributed by atoms with Crippen molar-refractivity contribution in [1.82, 2.24) is 25.4 Å². The Labute approximate surface area is 218 Å². The summed E-state index contributed by atoms with van der Waals surface area (Å²) in [4.78, 5) is 34.5. The van der Waals surface area contributed by atoms with Crippen LogP contribution in [-0.2, 0) is 11.3 Å². The van der Waals surface area contributed by atoms with Crippen LogP contribution in [0.3, 0.4) is 0 Å². The first-order chi connectivity index (χ1) is 18.4. The van der Waals surface area contributed by atoms with E-state index in [1.807, 2.05) is 6.07 Å². The molecule has 0 radical (unpaired) electrons. The third-order valence-electron chi connectivity index (χ3n) is 7.60. The van der Waals surface area contributed by atoms with Crippen LogP contribution in [0.4, 0.5) is 26.4 Å². The molecular formula is C26H27FN8O3. The molecule has 3 aliphatic heterocycles. The van der Waals surface area contributed by atoms with Crippen LogP contribution in [0.2, 0.25) is 0 Å². The molecule has 0 spiro atoms. The summed E-state index contributed by atoms with van der Waals surface area (Å²) in [6.07, 6.45) is 5.67. The van der Waals surface area contributed by atoms with Gasteiger partial charge >= 0.3 is 6.03 Å². The second kappa shape index (κ2) is 9.53. The molecular weight excluding hydrogens is 491 g/mol. The maximum Gasteiger partial charge on any atom is 0.328 e. The van der Waals surface area contributed by atoms with E-state index in [1.165, 1.54) is 18.2 Å². The highest BCUT2D eigenvalue weighted by molar-refractivity contribution is 6.05. The number of phenols is 1. The Morgan fingerprint density at radius 2 is 1.87 bits per heavy atom. The molecule has 3 amide bonds. The van der Waals surface area contributed by atoms with Crippen LogP contribution in [0.1, 0.15) is 24.8 Å². The molecule has 1 aromatic carbocycles. The largest absolute Gasteiger partial charge is 0.507 e. The number of imide groups is 1. The number of fused-ring (bicyclic) bond motifs is 2. The molecule has 2 atom stereocenters. The number of nitrogens with one attached hydrogen (secondary N) is 1. The van der Waals surface area contributed by atoms with E-state index in [4.69, 9.17) is 5.73 Å². The van der Waals surface area contributed by atoms with Crippen LogP contribution >= 0.6 is 0 Å². The summed E-state index contributed by atoms with van der Waals surface area (Å²) in [6.45, 7) is 2.38. The number of urea groups is 1. The number of phenolic OH excluding ortho intramolecular Hbond substituents is 1. The van der Waals surface area contributed by atoms with E-state index in [1.54, 1.807) is 23.4 Å². The van der Waals surface area contributed by atoms with Gasteiger partial charge in [0.2, 0.25) is 5.91 Å². The van der Waals surface area contributed by atoms with E-state index >= 15 is 0 Å². The van der Waals surface area contributed by atoms with Gasteiger partial charge in [-0.3, -0.25) is 24.9 Å². The summed E-state index contributed by atoms with van der Waals surface area (Å²) in [7, 11) is 0. The van der Waals surface area contributed by atoms with Crippen molar-refractivity contribution in [3.8, 4) is 17.0 Å². The molecule has 3 aromatic rings. The Kier molecular flexibility index (Phi) is 6.03. The molecule has 0 saturated carbocycles. The topological polar surface area (TPSA) is 141 Å². The Balaban J connectivity index is 1.23. The number of pyridine rings is 1. The molecule has 2 unspecified atom stereocenters. The monoisotopic (exact) mass is 518 g/mol. The van der Waals surface area contributed by atoms with Crippen molar-refractivity contribution < 1.29 is 19.1 Å². The van der Waals surface area contributed by atoms with Gasteiger partial charge in [0.05, 0.1) is 23.3 Å². The number of aromatic hydroxyl groups is 1. The highest BCUT2D eigenvalue weighted by Gasteiger charge is 2.41. The number of rotatable bonds is 5. The normalized spacial score (nSPS) is 21.6. The van der Waals surface area contributed by atoms with E-state index in [9.17, 15) is 19.1 Å². The number of hydrogen-bond acceptors (Lipinski definition) is 9. The van der Waals surface area contributed by atoms with Gasteiger partial charge in [-0.25, -0.2) is 9.18 Å². The minimum atomic E-state index is -0.478. The predicted octanol–water partition coefficient (Wildman–Crippen LogP) is 2.26. The lowest BCUT2D eigenvalue weighted by molar-refractivity contribution is -0.120. The van der Waals surface area contributed by atoms with Gasteiger partial charge in [0.15, 0.2) is 5.82 Å². The Hall–Kier alpha value is -4.32. The summed E-state index contributed by atoms with van der Waals surface area (Å²) in [5.41, 5.74) is 9.22. The molecule has 2 bridgehead atoms. The molecule has 4 N–H and O–H groups in total. The molecule has 3 aliphatic rings. The maximum absolute atomic E-state index is 13.8. The number of aromatic nitrogens is 3. The number of carbonyl (C=O) groups excluding carboxylic acids is 2. The first-order valence-corrected chi connectivity index (χ1v) is 12.5. The number of piperazine rings is 1. The summed E-state index contributed by atoms with van der Waals surface area (Å²) < 4.78 is 13.8. The van der Waals surface area contributed by atoms with Crippen molar-refractivity contribution in [2.24, 2.45) is 0 Å². The quantitative estimate of drug-likeness (QED) is 0.464. The van der Waals surface area contributed by atoms with Crippen molar-refractivity contribution in [1.29, 1.82) is 0 Å². The number of halogens is 1. The van der Waals surface area contributed by atoms with Gasteiger partial charge in [0.1, 0.15) is 11.6 Å². The first-order valence-electron chi connectivity index (χ1n) is 12.5. The minimum absolute atomic E-state index is 0.0822. The van der Waals surface area contributed by atoms with Gasteiger partial charge in [0.25, 0.3) is 0 Å². The number of hydrogen-bond donors (Lipinski definition) is 3. The molecule has 6 rings (SSSR count). The van der Waals surface area contributed by atoms with Crippen molar-refractivity contribution in [3.05, 3.63) is 54.1 Å². The maximum atomic E-state index is 13.8. The van der Waals surface area contributed by atoms with Crippen LogP contribution in [0, 0.1) is 5.82 Å². The van der Waals surface area contributed by atoms with E-state index < -0.39 is 11.8 Å². The van der Waals surface area contributed by atoms with Gasteiger partial charge in [-0.2, -0.15) is 0 Å². The van der Waals surface area contributed by atoms with E-state index in [0.717, 1.165) is 18.4 Å². The smallest absolute Gasteiger partial charge is 0.328 e. The Morgan fingerprint density at radius 3 is 2.63 bits per heavy atom. The summed E-state index contributed by atoms with van der Waals surface area (Å²) >= 11 is 0. The Morgan fingerprint density at radius 1 is 1.08 bits per heavy atom. The van der Waals surface area contributed by atoms with E-state index in [2.05, 4.69) is 30.3 Å². The number of benzene rings is 1. The summed E-state index contributed by atoms with van der Waals surface area (Å²) in [5, 5.41) is 20.8. The van der Waals surface area contributed by atoms with Crippen molar-refractivity contribution in [3.63, 3.8) is 0 Å². The van der Waals surface area contributed by atoms with Crippen molar-refractivity contribution in [2.45, 2.75) is 37.9 Å². The van der Waals surface area contributed by atoms with E-state index in [-0.39, 0.29) is 41.5 Å². The molecule has 38 heavy (non-hydrogen) atoms. The van der Waals surface area contributed by atoms with Crippen molar-refractivity contribution in [2.75, 3.05) is 35.2 Å². The highest BCUT2D eigenvalue weighted by Crippen LogP contribution is 2.38. The molecule has 11 nitrogen and oxygen atoms in total. The number of nitrogens with two attached hydrogens (primary N) is 1. The van der Waals surface area contributed by atoms with Gasteiger partial charge < -0.3 is 15.7 Å². The molecule has 196 valence electrons. The number of carbonyl (C=O) groups is 2. The zero-order chi connectivity index (χ0) is 26.4. The van der Waals surface area contributed by atoms with Gasteiger partial charge in [0, 0.05) is 56.4 Å². The first kappa shape index (κ1) is 24.0. The zero-order valence-electron chi connectivity index (χ0n) is 20.5. The molecule has 12 heteroatoms. The van der Waals surface area contributed by atoms with Gasteiger partial charge in [-0.15, -0.1) is 10.2 Å². The molecule has 3 saturated heterocycles.